The predicted molar refractivity (Wildman–Crippen MR) is 59.0 cm³/mol. The number of hydrogen-bond acceptors (Lipinski definition) is 4. The zero-order chi connectivity index (χ0) is 11.1. The van der Waals surface area contributed by atoms with Crippen LogP contribution in [0.25, 0.3) is 5.65 Å². The molecule has 5 nitrogen and oxygen atoms in total. The highest BCUT2D eigenvalue weighted by molar-refractivity contribution is 5.42. The molecule has 1 saturated carbocycles. The lowest BCUT2D eigenvalue weighted by molar-refractivity contribution is 0.268. The van der Waals surface area contributed by atoms with Gasteiger partial charge in [-0.3, -0.25) is 0 Å². The fourth-order valence-electron chi connectivity index (χ4n) is 1.77. The summed E-state index contributed by atoms with van der Waals surface area (Å²) >= 11 is 0. The predicted octanol–water partition coefficient (Wildman–Crippen LogP) is 0.599. The summed E-state index contributed by atoms with van der Waals surface area (Å²) in [5, 5.41) is 13.4. The van der Waals surface area contributed by atoms with Gasteiger partial charge < -0.3 is 10.8 Å². The maximum atomic E-state index is 9.00. The van der Waals surface area contributed by atoms with Gasteiger partial charge in [0.15, 0.2) is 11.5 Å². The van der Waals surface area contributed by atoms with Gasteiger partial charge in [-0.25, -0.2) is 9.50 Å². The van der Waals surface area contributed by atoms with Gasteiger partial charge in [-0.2, -0.15) is 5.10 Å². The number of nitrogens with two attached hydrogens (primary N) is 1. The van der Waals surface area contributed by atoms with Crippen LogP contribution < -0.4 is 5.73 Å². The van der Waals surface area contributed by atoms with Gasteiger partial charge in [0, 0.05) is 12.1 Å². The summed E-state index contributed by atoms with van der Waals surface area (Å²) in [6.45, 7) is -0.0558. The first kappa shape index (κ1) is 9.74. The lowest BCUT2D eigenvalue weighted by Crippen LogP contribution is -2.14. The van der Waals surface area contributed by atoms with E-state index >= 15 is 0 Å². The lowest BCUT2D eigenvalue weighted by Gasteiger charge is -2.07. The summed E-state index contributed by atoms with van der Waals surface area (Å²) in [5.41, 5.74) is 7.46. The van der Waals surface area contributed by atoms with Crippen LogP contribution in [0.5, 0.6) is 0 Å². The molecule has 84 valence electrons. The Morgan fingerprint density at radius 1 is 1.56 bits per heavy atom. The van der Waals surface area contributed by atoms with Crippen molar-refractivity contribution in [2.45, 2.75) is 24.8 Å². The second kappa shape index (κ2) is 3.54. The maximum Gasteiger partial charge on any atom is 0.155 e. The maximum absolute atomic E-state index is 9.00. The van der Waals surface area contributed by atoms with Crippen molar-refractivity contribution < 1.29 is 5.11 Å². The molecular weight excluding hydrogens is 204 g/mol. The number of aromatic nitrogens is 3. The first-order valence-electron chi connectivity index (χ1n) is 5.50. The number of nitrogens with zero attached hydrogens (tertiary/aromatic N) is 3. The van der Waals surface area contributed by atoms with Crippen LogP contribution in [0.2, 0.25) is 0 Å². The minimum atomic E-state index is -0.342. The number of aliphatic hydroxyl groups excluding tert-OH is 1. The second-order valence-electron chi connectivity index (χ2n) is 4.30. The molecule has 0 saturated heterocycles. The van der Waals surface area contributed by atoms with Crippen LogP contribution in [0.1, 0.15) is 36.2 Å². The van der Waals surface area contributed by atoms with Crippen LogP contribution >= 0.6 is 0 Å². The van der Waals surface area contributed by atoms with Crippen LogP contribution in [0.15, 0.2) is 18.3 Å². The van der Waals surface area contributed by atoms with Crippen LogP contribution in [0, 0.1) is 0 Å². The Bertz CT molecular complexity index is 518. The van der Waals surface area contributed by atoms with Crippen LogP contribution in [0.4, 0.5) is 0 Å². The van der Waals surface area contributed by atoms with Gasteiger partial charge in [0.2, 0.25) is 0 Å². The van der Waals surface area contributed by atoms with Crippen molar-refractivity contribution in [2.75, 3.05) is 6.61 Å². The molecule has 2 aromatic rings. The minimum Gasteiger partial charge on any atom is -0.394 e. The molecule has 0 aliphatic heterocycles. The van der Waals surface area contributed by atoms with E-state index in [1.165, 1.54) is 12.8 Å². The largest absolute Gasteiger partial charge is 0.394 e. The second-order valence-corrected chi connectivity index (χ2v) is 4.30. The van der Waals surface area contributed by atoms with Gasteiger partial charge in [-0.15, -0.1) is 0 Å². The zero-order valence-corrected chi connectivity index (χ0v) is 8.87. The smallest absolute Gasteiger partial charge is 0.155 e. The highest BCUT2D eigenvalue weighted by Gasteiger charge is 2.27. The monoisotopic (exact) mass is 218 g/mol. The van der Waals surface area contributed by atoms with Crippen molar-refractivity contribution in [1.82, 2.24) is 14.6 Å². The molecule has 0 radical (unpaired) electrons. The van der Waals surface area contributed by atoms with E-state index in [1.54, 1.807) is 4.52 Å². The number of pyridine rings is 1. The van der Waals surface area contributed by atoms with Gasteiger partial charge in [0.05, 0.1) is 12.6 Å². The molecule has 1 aliphatic rings. The van der Waals surface area contributed by atoms with Gasteiger partial charge in [0.25, 0.3) is 0 Å². The van der Waals surface area contributed by atoms with E-state index in [4.69, 9.17) is 10.8 Å². The van der Waals surface area contributed by atoms with E-state index in [9.17, 15) is 0 Å². The summed E-state index contributed by atoms with van der Waals surface area (Å²) in [6.07, 6.45) is 4.23. The van der Waals surface area contributed by atoms with Gasteiger partial charge in [-0.05, 0) is 30.5 Å². The molecule has 3 N–H and O–H groups in total. The summed E-state index contributed by atoms with van der Waals surface area (Å²) in [5.74, 6) is 1.48. The first-order valence-corrected chi connectivity index (χ1v) is 5.50. The Balaban J connectivity index is 2.02. The molecule has 1 atom stereocenters. The highest BCUT2D eigenvalue weighted by Crippen LogP contribution is 2.38. The zero-order valence-electron chi connectivity index (χ0n) is 8.87. The molecule has 2 heterocycles. The van der Waals surface area contributed by atoms with E-state index in [2.05, 4.69) is 10.1 Å². The molecule has 0 spiro atoms. The van der Waals surface area contributed by atoms with Crippen molar-refractivity contribution in [2.24, 2.45) is 5.73 Å². The van der Waals surface area contributed by atoms with Crippen molar-refractivity contribution in [3.8, 4) is 0 Å². The van der Waals surface area contributed by atoms with Crippen LogP contribution in [-0.4, -0.2) is 26.3 Å². The SMILES string of the molecule is NC(CO)c1ccn2nc(C3CC3)nc2c1. The Kier molecular flexibility index (Phi) is 2.15. The number of aliphatic hydroxyl groups is 1. The topological polar surface area (TPSA) is 76.4 Å². The molecule has 3 rings (SSSR count). The van der Waals surface area contributed by atoms with Crippen molar-refractivity contribution in [3.05, 3.63) is 29.7 Å². The average Bonchev–Trinajstić information content (AvgIpc) is 3.07. The van der Waals surface area contributed by atoms with E-state index in [1.807, 2.05) is 18.3 Å². The third kappa shape index (κ3) is 1.58. The van der Waals surface area contributed by atoms with E-state index in [-0.39, 0.29) is 12.6 Å². The Hall–Kier alpha value is -1.46. The van der Waals surface area contributed by atoms with Crippen molar-refractivity contribution in [3.63, 3.8) is 0 Å². The van der Waals surface area contributed by atoms with Crippen molar-refractivity contribution in [1.29, 1.82) is 0 Å². The molecule has 1 fully saturated rings. The summed E-state index contributed by atoms with van der Waals surface area (Å²) in [4.78, 5) is 4.47. The minimum absolute atomic E-state index is 0.0558. The fraction of sp³-hybridized carbons (Fsp3) is 0.455. The number of hydrogen-bond donors (Lipinski definition) is 2. The number of fused-ring (bicyclic) bond motifs is 1. The van der Waals surface area contributed by atoms with Gasteiger partial charge >= 0.3 is 0 Å². The van der Waals surface area contributed by atoms with E-state index < -0.39 is 0 Å². The lowest BCUT2D eigenvalue weighted by atomic mass is 10.1. The Labute approximate surface area is 92.9 Å². The molecule has 1 unspecified atom stereocenters. The van der Waals surface area contributed by atoms with E-state index in [0.29, 0.717) is 5.92 Å². The molecule has 2 aromatic heterocycles. The van der Waals surface area contributed by atoms with Crippen molar-refractivity contribution >= 4 is 5.65 Å². The van der Waals surface area contributed by atoms with Crippen LogP contribution in [-0.2, 0) is 0 Å². The Morgan fingerprint density at radius 3 is 3.06 bits per heavy atom. The molecule has 1 aliphatic carbocycles. The average molecular weight is 218 g/mol. The quantitative estimate of drug-likeness (QED) is 0.791. The fourth-order valence-corrected chi connectivity index (χ4v) is 1.77. The molecule has 0 bridgehead atoms. The molecule has 0 aromatic carbocycles. The van der Waals surface area contributed by atoms with Gasteiger partial charge in [0.1, 0.15) is 0 Å². The third-order valence-corrected chi connectivity index (χ3v) is 2.95. The Morgan fingerprint density at radius 2 is 2.38 bits per heavy atom. The molecule has 0 amide bonds. The summed E-state index contributed by atoms with van der Waals surface area (Å²) in [7, 11) is 0. The van der Waals surface area contributed by atoms with E-state index in [0.717, 1.165) is 17.0 Å². The molecular formula is C11H14N4O. The number of rotatable bonds is 3. The highest BCUT2D eigenvalue weighted by atomic mass is 16.3. The molecule has 5 heteroatoms. The van der Waals surface area contributed by atoms with Gasteiger partial charge in [-0.1, -0.05) is 0 Å². The first-order chi connectivity index (χ1) is 7.78. The normalized spacial score (nSPS) is 17.9. The summed E-state index contributed by atoms with van der Waals surface area (Å²) in [6, 6.07) is 3.42. The molecule has 16 heavy (non-hydrogen) atoms. The summed E-state index contributed by atoms with van der Waals surface area (Å²) < 4.78 is 1.77. The third-order valence-electron chi connectivity index (χ3n) is 2.95. The standard InChI is InChI=1S/C11H14N4O/c12-9(6-16)8-3-4-15-10(5-8)13-11(14-15)7-1-2-7/h3-5,7,9,16H,1-2,6,12H2. The van der Waals surface area contributed by atoms with Crippen LogP contribution in [0.3, 0.4) is 0 Å².